The van der Waals surface area contributed by atoms with Gasteiger partial charge in [-0.3, -0.25) is 9.79 Å². The van der Waals surface area contributed by atoms with Crippen molar-refractivity contribution in [1.82, 2.24) is 15.6 Å². The van der Waals surface area contributed by atoms with Crippen LogP contribution in [0.25, 0.3) is 11.5 Å². The number of amides is 1. The number of aliphatic imine (C=N–C) groups is 1. The molecule has 0 saturated carbocycles. The lowest BCUT2D eigenvalue weighted by Gasteiger charge is -2.11. The lowest BCUT2D eigenvalue weighted by atomic mass is 10.1. The number of rotatable bonds is 9. The van der Waals surface area contributed by atoms with Gasteiger partial charge in [-0.2, -0.15) is 0 Å². The van der Waals surface area contributed by atoms with E-state index < -0.39 is 5.91 Å². The smallest absolute Gasteiger partial charge is 0.255 e. The third kappa shape index (κ3) is 6.88. The van der Waals surface area contributed by atoms with Gasteiger partial charge in [-0.15, -0.1) is 0 Å². The summed E-state index contributed by atoms with van der Waals surface area (Å²) in [7, 11) is 1.72. The molecular formula is C23H27N5O3. The minimum Gasteiger partial charge on any atom is -0.484 e. The molecular weight excluding hydrogens is 394 g/mol. The van der Waals surface area contributed by atoms with Crippen molar-refractivity contribution in [1.29, 1.82) is 0 Å². The van der Waals surface area contributed by atoms with E-state index in [0.29, 0.717) is 30.7 Å². The zero-order valence-corrected chi connectivity index (χ0v) is 17.7. The van der Waals surface area contributed by atoms with Crippen LogP contribution in [0.4, 0.5) is 0 Å². The van der Waals surface area contributed by atoms with E-state index in [1.165, 1.54) is 5.56 Å². The number of nitrogens with zero attached hydrogens (tertiary/aromatic N) is 2. The van der Waals surface area contributed by atoms with Gasteiger partial charge >= 0.3 is 0 Å². The quantitative estimate of drug-likeness (QED) is 0.361. The summed E-state index contributed by atoms with van der Waals surface area (Å²) in [4.78, 5) is 19.5. The molecule has 1 aromatic heterocycles. The summed E-state index contributed by atoms with van der Waals surface area (Å²) in [5.74, 6) is 1.40. The van der Waals surface area contributed by atoms with Crippen molar-refractivity contribution < 1.29 is 13.9 Å². The number of aromatic nitrogens is 1. The van der Waals surface area contributed by atoms with Gasteiger partial charge in [-0.1, -0.05) is 29.8 Å². The van der Waals surface area contributed by atoms with Crippen LogP contribution in [-0.4, -0.2) is 37.1 Å². The van der Waals surface area contributed by atoms with Gasteiger partial charge in [0.2, 0.25) is 5.89 Å². The summed E-state index contributed by atoms with van der Waals surface area (Å²) in [6, 6.07) is 15.6. The standard InChI is InChI=1S/C23H27N5O3/c1-16-3-7-18(8-4-16)22-28-19(14-31-22)13-27-23(25-2)26-12-11-17-5-9-20(10-6-17)30-15-21(24)29/h3-10,14H,11-13,15H2,1-2H3,(H2,24,29)(H2,25,26,27). The molecule has 0 aliphatic rings. The minimum atomic E-state index is -0.496. The molecule has 3 aromatic rings. The van der Waals surface area contributed by atoms with Crippen LogP contribution in [0.5, 0.6) is 5.75 Å². The molecule has 0 unspecified atom stereocenters. The summed E-state index contributed by atoms with van der Waals surface area (Å²) in [6.07, 6.45) is 2.45. The van der Waals surface area contributed by atoms with E-state index in [4.69, 9.17) is 14.9 Å². The van der Waals surface area contributed by atoms with Crippen molar-refractivity contribution in [2.75, 3.05) is 20.2 Å². The Labute approximate surface area is 181 Å². The van der Waals surface area contributed by atoms with Crippen LogP contribution in [-0.2, 0) is 17.8 Å². The van der Waals surface area contributed by atoms with Crippen LogP contribution in [0.2, 0.25) is 0 Å². The van der Waals surface area contributed by atoms with Crippen molar-refractivity contribution in [2.45, 2.75) is 19.9 Å². The molecule has 0 fully saturated rings. The van der Waals surface area contributed by atoms with Crippen molar-refractivity contribution in [3.8, 4) is 17.2 Å². The van der Waals surface area contributed by atoms with E-state index in [9.17, 15) is 4.79 Å². The predicted octanol–water partition coefficient (Wildman–Crippen LogP) is 2.42. The summed E-state index contributed by atoms with van der Waals surface area (Å²) in [6.45, 7) is 3.12. The minimum absolute atomic E-state index is 0.124. The Morgan fingerprint density at radius 1 is 1.13 bits per heavy atom. The molecule has 3 rings (SSSR count). The van der Waals surface area contributed by atoms with Crippen molar-refractivity contribution in [2.24, 2.45) is 10.7 Å². The van der Waals surface area contributed by atoms with Gasteiger partial charge in [-0.05, 0) is 43.2 Å². The zero-order chi connectivity index (χ0) is 22.1. The molecule has 0 atom stereocenters. The maximum atomic E-state index is 10.8. The third-order valence-electron chi connectivity index (χ3n) is 4.52. The Kier molecular flexibility index (Phi) is 7.64. The highest BCUT2D eigenvalue weighted by atomic mass is 16.5. The normalized spacial score (nSPS) is 11.2. The van der Waals surface area contributed by atoms with E-state index in [2.05, 4.69) is 20.6 Å². The van der Waals surface area contributed by atoms with Gasteiger partial charge in [-0.25, -0.2) is 4.98 Å². The molecule has 0 aliphatic heterocycles. The van der Waals surface area contributed by atoms with Crippen LogP contribution in [0.15, 0.2) is 64.2 Å². The average molecular weight is 422 g/mol. The summed E-state index contributed by atoms with van der Waals surface area (Å²) < 4.78 is 10.8. The number of aryl methyl sites for hydroxylation is 1. The molecule has 31 heavy (non-hydrogen) atoms. The zero-order valence-electron chi connectivity index (χ0n) is 17.7. The van der Waals surface area contributed by atoms with Crippen molar-refractivity contribution in [3.05, 3.63) is 71.6 Å². The number of hydrogen-bond donors (Lipinski definition) is 3. The second-order valence-electron chi connectivity index (χ2n) is 7.01. The van der Waals surface area contributed by atoms with E-state index in [-0.39, 0.29) is 6.61 Å². The number of hydrogen-bond acceptors (Lipinski definition) is 5. The number of primary amides is 1. The molecule has 0 aliphatic carbocycles. The van der Waals surface area contributed by atoms with Crippen LogP contribution < -0.4 is 21.1 Å². The van der Waals surface area contributed by atoms with Crippen LogP contribution in [0.1, 0.15) is 16.8 Å². The molecule has 162 valence electrons. The van der Waals surface area contributed by atoms with Crippen LogP contribution in [0.3, 0.4) is 0 Å². The fourth-order valence-electron chi connectivity index (χ4n) is 2.84. The molecule has 1 heterocycles. The van der Waals surface area contributed by atoms with E-state index >= 15 is 0 Å². The fourth-order valence-corrected chi connectivity index (χ4v) is 2.84. The Morgan fingerprint density at radius 2 is 1.87 bits per heavy atom. The summed E-state index contributed by atoms with van der Waals surface area (Å²) in [5.41, 5.74) is 9.15. The Bertz CT molecular complexity index is 1010. The largest absolute Gasteiger partial charge is 0.484 e. The predicted molar refractivity (Wildman–Crippen MR) is 120 cm³/mol. The number of benzene rings is 2. The fraction of sp³-hybridized carbons (Fsp3) is 0.261. The second kappa shape index (κ2) is 10.8. The molecule has 0 saturated heterocycles. The number of carbonyl (C=O) groups excluding carboxylic acids is 1. The van der Waals surface area contributed by atoms with Gasteiger partial charge in [0.1, 0.15) is 12.0 Å². The van der Waals surface area contributed by atoms with Crippen molar-refractivity contribution in [3.63, 3.8) is 0 Å². The lowest BCUT2D eigenvalue weighted by molar-refractivity contribution is -0.119. The number of nitrogens with one attached hydrogen (secondary N) is 2. The molecule has 4 N–H and O–H groups in total. The summed E-state index contributed by atoms with van der Waals surface area (Å²) >= 11 is 0. The Hall–Kier alpha value is -3.81. The number of nitrogens with two attached hydrogens (primary N) is 1. The number of guanidine groups is 1. The molecule has 1 amide bonds. The number of ether oxygens (including phenoxy) is 1. The van der Waals surface area contributed by atoms with Gasteiger partial charge in [0.15, 0.2) is 12.6 Å². The average Bonchev–Trinajstić information content (AvgIpc) is 3.25. The van der Waals surface area contributed by atoms with Gasteiger partial charge < -0.3 is 25.5 Å². The SMILES string of the molecule is CN=C(NCCc1ccc(OCC(N)=O)cc1)NCc1coc(-c2ccc(C)cc2)n1. The van der Waals surface area contributed by atoms with E-state index in [1.54, 1.807) is 13.3 Å². The highest BCUT2D eigenvalue weighted by Crippen LogP contribution is 2.19. The monoisotopic (exact) mass is 421 g/mol. The van der Waals surface area contributed by atoms with Crippen LogP contribution in [0, 0.1) is 6.92 Å². The lowest BCUT2D eigenvalue weighted by Crippen LogP contribution is -2.37. The first-order chi connectivity index (χ1) is 15.0. The van der Waals surface area contributed by atoms with E-state index in [0.717, 1.165) is 23.2 Å². The van der Waals surface area contributed by atoms with Gasteiger partial charge in [0.25, 0.3) is 5.91 Å². The first-order valence-electron chi connectivity index (χ1n) is 9.99. The Morgan fingerprint density at radius 3 is 2.55 bits per heavy atom. The second-order valence-corrected chi connectivity index (χ2v) is 7.01. The van der Waals surface area contributed by atoms with Crippen molar-refractivity contribution >= 4 is 11.9 Å². The molecule has 0 radical (unpaired) electrons. The van der Waals surface area contributed by atoms with Gasteiger partial charge in [0, 0.05) is 19.2 Å². The highest BCUT2D eigenvalue weighted by molar-refractivity contribution is 5.79. The molecule has 0 bridgehead atoms. The van der Waals surface area contributed by atoms with Gasteiger partial charge in [0.05, 0.1) is 12.2 Å². The first-order valence-corrected chi connectivity index (χ1v) is 9.99. The Balaban J connectivity index is 1.43. The highest BCUT2D eigenvalue weighted by Gasteiger charge is 2.07. The molecule has 8 heteroatoms. The number of carbonyl (C=O) groups is 1. The summed E-state index contributed by atoms with van der Waals surface area (Å²) in [5, 5.41) is 6.51. The van der Waals surface area contributed by atoms with Crippen LogP contribution >= 0.6 is 0 Å². The maximum absolute atomic E-state index is 10.8. The molecule has 8 nitrogen and oxygen atoms in total. The first kappa shape index (κ1) is 21.9. The molecule has 2 aromatic carbocycles. The maximum Gasteiger partial charge on any atom is 0.255 e. The number of oxazole rings is 1. The third-order valence-corrected chi connectivity index (χ3v) is 4.52. The van der Waals surface area contributed by atoms with E-state index in [1.807, 2.05) is 55.5 Å². The molecule has 0 spiro atoms. The topological polar surface area (TPSA) is 115 Å².